The van der Waals surface area contributed by atoms with Crippen LogP contribution in [0.4, 0.5) is 0 Å². The largest absolute Gasteiger partial charge is 0.506 e. The van der Waals surface area contributed by atoms with Crippen molar-refractivity contribution in [3.63, 3.8) is 0 Å². The van der Waals surface area contributed by atoms with E-state index in [1.807, 2.05) is 0 Å². The number of primary amides is 1. The molecule has 27 heavy (non-hydrogen) atoms. The smallest absolute Gasteiger partial charge is 0.338 e. The van der Waals surface area contributed by atoms with Crippen molar-refractivity contribution >= 4 is 44.7 Å². The van der Waals surface area contributed by atoms with Gasteiger partial charge in [0, 0.05) is 10.8 Å². The van der Waals surface area contributed by atoms with Gasteiger partial charge in [0.25, 0.3) is 5.91 Å². The topological polar surface area (TPSA) is 115 Å². The van der Waals surface area contributed by atoms with Crippen molar-refractivity contribution in [1.82, 2.24) is 9.97 Å². The van der Waals surface area contributed by atoms with Gasteiger partial charge in [-0.3, -0.25) is 4.79 Å². The molecule has 0 saturated carbocycles. The fourth-order valence-electron chi connectivity index (χ4n) is 3.13. The van der Waals surface area contributed by atoms with Crippen LogP contribution in [-0.2, 0) is 4.74 Å². The van der Waals surface area contributed by atoms with E-state index in [1.54, 1.807) is 43.3 Å². The first-order valence-electron chi connectivity index (χ1n) is 8.33. The third-order valence-electron chi connectivity index (χ3n) is 4.33. The molecular formula is C20H15N3O4. The molecule has 4 aromatic rings. The molecule has 7 heteroatoms. The van der Waals surface area contributed by atoms with Crippen molar-refractivity contribution in [2.24, 2.45) is 5.73 Å². The van der Waals surface area contributed by atoms with Crippen LogP contribution in [0, 0.1) is 0 Å². The summed E-state index contributed by atoms with van der Waals surface area (Å²) in [5.41, 5.74) is 7.29. The number of phenols is 1. The van der Waals surface area contributed by atoms with Crippen LogP contribution < -0.4 is 5.73 Å². The molecule has 0 radical (unpaired) electrons. The number of amides is 1. The maximum atomic E-state index is 12.0. The van der Waals surface area contributed by atoms with E-state index in [0.717, 1.165) is 0 Å². The maximum Gasteiger partial charge on any atom is 0.338 e. The SMILES string of the molecule is CCOC(=O)c1ccc2nc3c(nc2c1)c(C(N)=O)c(O)c1ccccc13. The third-order valence-corrected chi connectivity index (χ3v) is 4.33. The second kappa shape index (κ2) is 6.21. The molecule has 0 saturated heterocycles. The lowest BCUT2D eigenvalue weighted by Crippen LogP contribution is -2.13. The molecule has 134 valence electrons. The standard InChI is InChI=1S/C20H15N3O4/c1-2-27-20(26)10-7-8-13-14(9-10)23-17-15(19(21)25)18(24)12-6-4-3-5-11(12)16(17)22-13/h3-9,24H,2H2,1H3,(H2,21,25). The summed E-state index contributed by atoms with van der Waals surface area (Å²) in [6.07, 6.45) is 0. The van der Waals surface area contributed by atoms with Crippen molar-refractivity contribution < 1.29 is 19.4 Å². The highest BCUT2D eigenvalue weighted by Gasteiger charge is 2.20. The van der Waals surface area contributed by atoms with E-state index in [-0.39, 0.29) is 23.4 Å². The van der Waals surface area contributed by atoms with Crippen LogP contribution in [-0.4, -0.2) is 33.6 Å². The van der Waals surface area contributed by atoms with Crippen molar-refractivity contribution in [3.8, 4) is 5.75 Å². The van der Waals surface area contributed by atoms with Gasteiger partial charge >= 0.3 is 5.97 Å². The molecule has 4 rings (SSSR count). The number of ether oxygens (including phenoxy) is 1. The predicted molar refractivity (Wildman–Crippen MR) is 101 cm³/mol. The molecule has 0 atom stereocenters. The van der Waals surface area contributed by atoms with Crippen molar-refractivity contribution in [2.75, 3.05) is 6.61 Å². The lowest BCUT2D eigenvalue weighted by atomic mass is 10.0. The summed E-state index contributed by atoms with van der Waals surface area (Å²) in [4.78, 5) is 33.1. The molecule has 1 aromatic heterocycles. The summed E-state index contributed by atoms with van der Waals surface area (Å²) in [6, 6.07) is 11.8. The van der Waals surface area contributed by atoms with Crippen molar-refractivity contribution in [3.05, 3.63) is 53.6 Å². The van der Waals surface area contributed by atoms with Crippen LogP contribution in [0.15, 0.2) is 42.5 Å². The van der Waals surface area contributed by atoms with Crippen LogP contribution in [0.25, 0.3) is 32.8 Å². The van der Waals surface area contributed by atoms with E-state index in [9.17, 15) is 14.7 Å². The zero-order chi connectivity index (χ0) is 19.1. The van der Waals surface area contributed by atoms with Gasteiger partial charge < -0.3 is 15.6 Å². The molecular weight excluding hydrogens is 346 g/mol. The van der Waals surface area contributed by atoms with E-state index < -0.39 is 11.9 Å². The molecule has 3 aromatic carbocycles. The number of hydrogen-bond donors (Lipinski definition) is 2. The summed E-state index contributed by atoms with van der Waals surface area (Å²) in [6.45, 7) is 1.98. The summed E-state index contributed by atoms with van der Waals surface area (Å²) in [7, 11) is 0. The Morgan fingerprint density at radius 3 is 2.44 bits per heavy atom. The van der Waals surface area contributed by atoms with Gasteiger partial charge in [0.2, 0.25) is 0 Å². The highest BCUT2D eigenvalue weighted by atomic mass is 16.5. The highest BCUT2D eigenvalue weighted by Crippen LogP contribution is 2.36. The van der Waals surface area contributed by atoms with Crippen molar-refractivity contribution in [2.45, 2.75) is 6.92 Å². The minimum Gasteiger partial charge on any atom is -0.506 e. The number of carbonyl (C=O) groups is 2. The van der Waals surface area contributed by atoms with Gasteiger partial charge in [-0.25, -0.2) is 14.8 Å². The van der Waals surface area contributed by atoms with Crippen LogP contribution in [0.5, 0.6) is 5.75 Å². The second-order valence-corrected chi connectivity index (χ2v) is 5.98. The van der Waals surface area contributed by atoms with E-state index >= 15 is 0 Å². The number of hydrogen-bond acceptors (Lipinski definition) is 6. The Balaban J connectivity index is 2.11. The summed E-state index contributed by atoms with van der Waals surface area (Å²) >= 11 is 0. The number of carbonyl (C=O) groups excluding carboxylic acids is 2. The number of nitrogens with two attached hydrogens (primary N) is 1. The van der Waals surface area contributed by atoms with Crippen LogP contribution >= 0.6 is 0 Å². The van der Waals surface area contributed by atoms with E-state index in [0.29, 0.717) is 32.9 Å². The third kappa shape index (κ3) is 2.60. The molecule has 1 heterocycles. The van der Waals surface area contributed by atoms with Gasteiger partial charge in [-0.15, -0.1) is 0 Å². The summed E-state index contributed by atoms with van der Waals surface area (Å²) in [5, 5.41) is 11.7. The average Bonchev–Trinajstić information content (AvgIpc) is 2.66. The Labute approximate surface area is 153 Å². The van der Waals surface area contributed by atoms with Crippen LogP contribution in [0.3, 0.4) is 0 Å². The Kier molecular flexibility index (Phi) is 3.84. The lowest BCUT2D eigenvalue weighted by Gasteiger charge is -2.11. The quantitative estimate of drug-likeness (QED) is 0.329. The van der Waals surface area contributed by atoms with Gasteiger partial charge in [0.15, 0.2) is 0 Å². The molecule has 0 unspecified atom stereocenters. The Bertz CT molecular complexity index is 1250. The van der Waals surface area contributed by atoms with Crippen LogP contribution in [0.2, 0.25) is 0 Å². The zero-order valence-electron chi connectivity index (χ0n) is 14.4. The first-order chi connectivity index (χ1) is 13.0. The van der Waals surface area contributed by atoms with E-state index in [1.165, 1.54) is 6.07 Å². The second-order valence-electron chi connectivity index (χ2n) is 5.98. The molecule has 0 aliphatic heterocycles. The monoisotopic (exact) mass is 361 g/mol. The Hall–Kier alpha value is -3.74. The number of rotatable bonds is 3. The number of fused-ring (bicyclic) bond motifs is 4. The molecule has 0 fully saturated rings. The highest BCUT2D eigenvalue weighted by molar-refractivity contribution is 6.18. The molecule has 0 spiro atoms. The van der Waals surface area contributed by atoms with E-state index in [4.69, 9.17) is 10.5 Å². The number of nitrogens with zero attached hydrogens (tertiary/aromatic N) is 2. The van der Waals surface area contributed by atoms with Gasteiger partial charge in [0.1, 0.15) is 16.8 Å². The van der Waals surface area contributed by atoms with Gasteiger partial charge in [-0.1, -0.05) is 24.3 Å². The maximum absolute atomic E-state index is 12.0. The van der Waals surface area contributed by atoms with Crippen molar-refractivity contribution in [1.29, 1.82) is 0 Å². The average molecular weight is 361 g/mol. The van der Waals surface area contributed by atoms with Gasteiger partial charge in [-0.05, 0) is 25.1 Å². The van der Waals surface area contributed by atoms with Gasteiger partial charge in [0.05, 0.1) is 28.7 Å². The summed E-state index contributed by atoms with van der Waals surface area (Å²) < 4.78 is 5.00. The fourth-order valence-corrected chi connectivity index (χ4v) is 3.13. The Morgan fingerprint density at radius 1 is 1.04 bits per heavy atom. The summed E-state index contributed by atoms with van der Waals surface area (Å²) in [5.74, 6) is -1.52. The first kappa shape index (κ1) is 16.7. The minimum atomic E-state index is -0.807. The fraction of sp³-hybridized carbons (Fsp3) is 0.100. The zero-order valence-corrected chi connectivity index (χ0v) is 14.4. The minimum absolute atomic E-state index is 0.0976. The van der Waals surface area contributed by atoms with Gasteiger partial charge in [-0.2, -0.15) is 0 Å². The number of aromatic nitrogens is 2. The Morgan fingerprint density at radius 2 is 1.74 bits per heavy atom. The predicted octanol–water partition coefficient (Wildman–Crippen LogP) is 2.92. The normalized spacial score (nSPS) is 11.1. The molecule has 0 aliphatic carbocycles. The number of benzene rings is 3. The van der Waals surface area contributed by atoms with E-state index in [2.05, 4.69) is 9.97 Å². The molecule has 7 nitrogen and oxygen atoms in total. The first-order valence-corrected chi connectivity index (χ1v) is 8.33. The molecule has 3 N–H and O–H groups in total. The number of esters is 1. The molecule has 1 amide bonds. The van der Waals surface area contributed by atoms with Crippen LogP contribution in [0.1, 0.15) is 27.6 Å². The number of aromatic hydroxyl groups is 1. The molecule has 0 bridgehead atoms. The molecule has 0 aliphatic rings. The lowest BCUT2D eigenvalue weighted by molar-refractivity contribution is 0.0526.